The predicted molar refractivity (Wildman–Crippen MR) is 69.8 cm³/mol. The van der Waals surface area contributed by atoms with Gasteiger partial charge in [-0.05, 0) is 5.56 Å². The Bertz CT molecular complexity index is 457. The maximum absolute atomic E-state index is 11.7. The van der Waals surface area contributed by atoms with Gasteiger partial charge in [-0.2, -0.15) is 0 Å². The number of carbonyl (C=O) groups is 1. The molecule has 5 heteroatoms. The maximum Gasteiger partial charge on any atom is 0.257 e. The third kappa shape index (κ3) is 1.83. The van der Waals surface area contributed by atoms with Crippen LogP contribution < -0.4 is 5.32 Å². The first-order valence-electron chi connectivity index (χ1n) is 4.79. The normalized spacial score (nSPS) is 14.2. The summed E-state index contributed by atoms with van der Waals surface area (Å²) in [5, 5.41) is 2.63. The second kappa shape index (κ2) is 4.70. The molecule has 2 nitrogen and oxygen atoms in total. The lowest BCUT2D eigenvalue weighted by Crippen LogP contribution is -2.20. The summed E-state index contributed by atoms with van der Waals surface area (Å²) in [5.74, 6) is 0.598. The monoisotopic (exact) mass is 273 g/mol. The van der Waals surface area contributed by atoms with Crippen LogP contribution in [0.3, 0.4) is 0 Å². The molecule has 1 aromatic carbocycles. The molecule has 0 aromatic heterocycles. The molecule has 1 aliphatic rings. The molecular formula is C11H9Cl2NOS. The summed E-state index contributed by atoms with van der Waals surface area (Å²) < 4.78 is 0. The Labute approximate surface area is 109 Å². The molecule has 0 atom stereocenters. The van der Waals surface area contributed by atoms with Gasteiger partial charge in [0.1, 0.15) is 4.99 Å². The Kier molecular flexibility index (Phi) is 3.47. The summed E-state index contributed by atoms with van der Waals surface area (Å²) in [5.41, 5.74) is 2.27. The molecule has 16 heavy (non-hydrogen) atoms. The minimum absolute atomic E-state index is 0.0232. The van der Waals surface area contributed by atoms with Crippen LogP contribution in [-0.2, 0) is 0 Å². The highest BCUT2D eigenvalue weighted by atomic mass is 35.5. The van der Waals surface area contributed by atoms with Crippen molar-refractivity contribution in [1.29, 1.82) is 0 Å². The van der Waals surface area contributed by atoms with E-state index in [1.54, 1.807) is 0 Å². The first kappa shape index (κ1) is 11.8. The molecule has 1 amide bonds. The minimum atomic E-state index is -0.157. The van der Waals surface area contributed by atoms with E-state index in [1.165, 1.54) is 0 Å². The molecular weight excluding hydrogens is 265 g/mol. The van der Waals surface area contributed by atoms with Gasteiger partial charge in [0.15, 0.2) is 0 Å². The number of fused-ring (bicyclic) bond motifs is 1. The second-order valence-electron chi connectivity index (χ2n) is 3.56. The van der Waals surface area contributed by atoms with Gasteiger partial charge >= 0.3 is 0 Å². The molecule has 1 N–H and O–H groups in total. The fourth-order valence-corrected chi connectivity index (χ4v) is 2.72. The van der Waals surface area contributed by atoms with Crippen LogP contribution in [-0.4, -0.2) is 22.7 Å². The number of rotatable bonds is 3. The Morgan fingerprint density at radius 2 is 2.00 bits per heavy atom. The Morgan fingerprint density at radius 3 is 2.62 bits per heavy atom. The molecule has 1 aromatic rings. The minimum Gasteiger partial charge on any atom is -0.312 e. The lowest BCUT2D eigenvalue weighted by Gasteiger charge is -2.13. The van der Waals surface area contributed by atoms with Gasteiger partial charge in [0, 0.05) is 23.2 Å². The highest BCUT2D eigenvalue weighted by molar-refractivity contribution is 7.80. The molecule has 0 aliphatic carbocycles. The number of hydrogen-bond donors (Lipinski definition) is 1. The summed E-state index contributed by atoms with van der Waals surface area (Å²) in [6.45, 7) is 0. The number of carbonyl (C=O) groups excluding carboxylic acids is 1. The van der Waals surface area contributed by atoms with E-state index in [4.69, 9.17) is 35.4 Å². The van der Waals surface area contributed by atoms with E-state index in [2.05, 4.69) is 5.32 Å². The van der Waals surface area contributed by atoms with Crippen molar-refractivity contribution in [3.63, 3.8) is 0 Å². The van der Waals surface area contributed by atoms with Crippen molar-refractivity contribution in [1.82, 2.24) is 5.32 Å². The SMILES string of the molecule is O=C1NC(=S)c2cccc(C(CCl)CCl)c21. The Morgan fingerprint density at radius 1 is 1.31 bits per heavy atom. The summed E-state index contributed by atoms with van der Waals surface area (Å²) in [4.78, 5) is 12.2. The molecule has 0 radical (unpaired) electrons. The number of benzene rings is 1. The number of nitrogens with one attached hydrogen (secondary N) is 1. The molecule has 2 rings (SSSR count). The fraction of sp³-hybridized carbons (Fsp3) is 0.273. The average Bonchev–Trinajstić information content (AvgIpc) is 2.57. The van der Waals surface area contributed by atoms with Gasteiger partial charge in [-0.15, -0.1) is 23.2 Å². The van der Waals surface area contributed by atoms with Crippen molar-refractivity contribution >= 4 is 46.3 Å². The van der Waals surface area contributed by atoms with Crippen LogP contribution in [0, 0.1) is 0 Å². The topological polar surface area (TPSA) is 29.1 Å². The van der Waals surface area contributed by atoms with Crippen molar-refractivity contribution in [2.24, 2.45) is 0 Å². The van der Waals surface area contributed by atoms with E-state index >= 15 is 0 Å². The molecule has 0 saturated heterocycles. The van der Waals surface area contributed by atoms with Crippen molar-refractivity contribution in [2.45, 2.75) is 5.92 Å². The van der Waals surface area contributed by atoms with Crippen molar-refractivity contribution in [3.8, 4) is 0 Å². The van der Waals surface area contributed by atoms with E-state index in [0.717, 1.165) is 11.1 Å². The average molecular weight is 274 g/mol. The Hall–Kier alpha value is -0.640. The lowest BCUT2D eigenvalue weighted by atomic mass is 9.94. The van der Waals surface area contributed by atoms with Crippen LogP contribution in [0.1, 0.15) is 27.4 Å². The van der Waals surface area contributed by atoms with E-state index in [0.29, 0.717) is 22.3 Å². The highest BCUT2D eigenvalue weighted by Gasteiger charge is 2.28. The van der Waals surface area contributed by atoms with E-state index < -0.39 is 0 Å². The summed E-state index contributed by atoms with van der Waals surface area (Å²) in [7, 11) is 0. The zero-order valence-electron chi connectivity index (χ0n) is 8.30. The molecule has 0 saturated carbocycles. The van der Waals surface area contributed by atoms with E-state index in [-0.39, 0.29) is 11.8 Å². The van der Waals surface area contributed by atoms with E-state index in [9.17, 15) is 4.79 Å². The second-order valence-corrected chi connectivity index (χ2v) is 4.58. The molecule has 1 aliphatic heterocycles. The molecule has 0 bridgehead atoms. The zero-order chi connectivity index (χ0) is 11.7. The zero-order valence-corrected chi connectivity index (χ0v) is 10.6. The molecule has 0 unspecified atom stereocenters. The molecule has 0 fully saturated rings. The third-order valence-corrected chi connectivity index (χ3v) is 3.67. The van der Waals surface area contributed by atoms with Gasteiger partial charge in [-0.3, -0.25) is 4.79 Å². The smallest absolute Gasteiger partial charge is 0.257 e. The van der Waals surface area contributed by atoms with Gasteiger partial charge < -0.3 is 5.32 Å². The summed E-state index contributed by atoms with van der Waals surface area (Å²) in [6.07, 6.45) is 0. The number of halogens is 2. The van der Waals surface area contributed by atoms with Crippen LogP contribution in [0.4, 0.5) is 0 Å². The molecule has 1 heterocycles. The van der Waals surface area contributed by atoms with Crippen molar-refractivity contribution in [3.05, 3.63) is 34.9 Å². The fourth-order valence-electron chi connectivity index (χ4n) is 1.79. The quantitative estimate of drug-likeness (QED) is 0.678. The maximum atomic E-state index is 11.7. The third-order valence-electron chi connectivity index (χ3n) is 2.61. The van der Waals surface area contributed by atoms with Crippen LogP contribution in [0.5, 0.6) is 0 Å². The van der Waals surface area contributed by atoms with Crippen molar-refractivity contribution < 1.29 is 4.79 Å². The highest BCUT2D eigenvalue weighted by Crippen LogP contribution is 2.28. The van der Waals surface area contributed by atoms with Gasteiger partial charge in [0.25, 0.3) is 5.91 Å². The van der Waals surface area contributed by atoms with Gasteiger partial charge in [0.05, 0.1) is 5.56 Å². The largest absolute Gasteiger partial charge is 0.312 e. The molecule has 84 valence electrons. The first-order valence-corrected chi connectivity index (χ1v) is 6.27. The summed E-state index contributed by atoms with van der Waals surface area (Å²) >= 11 is 16.7. The van der Waals surface area contributed by atoms with Crippen LogP contribution in [0.2, 0.25) is 0 Å². The predicted octanol–water partition coefficient (Wildman–Crippen LogP) is 2.67. The standard InChI is InChI=1S/C11H9Cl2NOS/c12-4-6(5-13)7-2-1-3-8-9(7)10(15)14-11(8)16/h1-3,6H,4-5H2,(H,14,15,16). The van der Waals surface area contributed by atoms with Crippen molar-refractivity contribution in [2.75, 3.05) is 11.8 Å². The molecule has 0 spiro atoms. The summed E-state index contributed by atoms with van der Waals surface area (Å²) in [6, 6.07) is 5.58. The van der Waals surface area contributed by atoms with Crippen LogP contribution in [0.25, 0.3) is 0 Å². The van der Waals surface area contributed by atoms with Crippen LogP contribution >= 0.6 is 35.4 Å². The number of hydrogen-bond acceptors (Lipinski definition) is 2. The number of thiocarbonyl (C=S) groups is 1. The lowest BCUT2D eigenvalue weighted by molar-refractivity contribution is 0.0982. The Balaban J connectivity index is 2.57. The van der Waals surface area contributed by atoms with Gasteiger partial charge in [-0.25, -0.2) is 0 Å². The number of alkyl halides is 2. The van der Waals surface area contributed by atoms with Gasteiger partial charge in [0.2, 0.25) is 0 Å². The number of amides is 1. The first-order chi connectivity index (χ1) is 7.69. The van der Waals surface area contributed by atoms with Gasteiger partial charge in [-0.1, -0.05) is 30.4 Å². The van der Waals surface area contributed by atoms with E-state index in [1.807, 2.05) is 18.2 Å². The van der Waals surface area contributed by atoms with Crippen LogP contribution in [0.15, 0.2) is 18.2 Å².